The van der Waals surface area contributed by atoms with Gasteiger partial charge in [-0.25, -0.2) is 0 Å². The van der Waals surface area contributed by atoms with Crippen LogP contribution in [0.15, 0.2) is 54.6 Å². The van der Waals surface area contributed by atoms with Gasteiger partial charge in [0.15, 0.2) is 0 Å². The largest absolute Gasteiger partial charge is 0.508 e. The lowest BCUT2D eigenvalue weighted by Crippen LogP contribution is -2.40. The van der Waals surface area contributed by atoms with Crippen LogP contribution >= 0.6 is 0 Å². The average molecular weight is 311 g/mol. The van der Waals surface area contributed by atoms with Crippen LogP contribution in [0.25, 0.3) is 0 Å². The van der Waals surface area contributed by atoms with Crippen molar-refractivity contribution in [1.29, 1.82) is 0 Å². The van der Waals surface area contributed by atoms with Crippen molar-refractivity contribution in [3.05, 3.63) is 65.7 Å². The van der Waals surface area contributed by atoms with E-state index in [1.165, 1.54) is 5.56 Å². The van der Waals surface area contributed by atoms with E-state index in [0.717, 1.165) is 12.0 Å². The molecule has 1 aliphatic carbocycles. The molecule has 2 unspecified atom stereocenters. The van der Waals surface area contributed by atoms with Gasteiger partial charge >= 0.3 is 0 Å². The van der Waals surface area contributed by atoms with Crippen LogP contribution in [-0.2, 0) is 11.2 Å². The number of benzene rings is 2. The van der Waals surface area contributed by atoms with Crippen molar-refractivity contribution >= 4 is 5.91 Å². The highest BCUT2D eigenvalue weighted by Gasteiger charge is 2.44. The molecule has 1 fully saturated rings. The highest BCUT2D eigenvalue weighted by Crippen LogP contribution is 2.47. The molecule has 23 heavy (non-hydrogen) atoms. The predicted molar refractivity (Wildman–Crippen MR) is 88.1 cm³/mol. The molecule has 0 aromatic heterocycles. The van der Waals surface area contributed by atoms with Crippen molar-refractivity contribution in [2.24, 2.45) is 5.92 Å². The number of carbonyl (C=O) groups is 1. The molecule has 0 heterocycles. The van der Waals surface area contributed by atoms with Gasteiger partial charge in [-0.1, -0.05) is 42.5 Å². The van der Waals surface area contributed by atoms with Gasteiger partial charge in [0.25, 0.3) is 0 Å². The number of phenolic OH excluding ortho intramolecular Hbond substituents is 1. The molecule has 2 aromatic carbocycles. The van der Waals surface area contributed by atoms with E-state index < -0.39 is 0 Å². The summed E-state index contributed by atoms with van der Waals surface area (Å²) in [6, 6.07) is 16.6. The van der Waals surface area contributed by atoms with Crippen LogP contribution in [0.3, 0.4) is 0 Å². The fourth-order valence-corrected chi connectivity index (χ4v) is 2.94. The molecule has 3 rings (SSSR count). The summed E-state index contributed by atoms with van der Waals surface area (Å²) in [5.41, 5.74) is 2.17. The second-order valence-corrected chi connectivity index (χ2v) is 6.12. The van der Waals surface area contributed by atoms with Gasteiger partial charge in [-0.15, -0.1) is 0 Å². The fourth-order valence-electron chi connectivity index (χ4n) is 2.94. The van der Waals surface area contributed by atoms with Crippen molar-refractivity contribution in [2.45, 2.75) is 24.8 Å². The molecule has 0 bridgehead atoms. The van der Waals surface area contributed by atoms with Gasteiger partial charge in [-0.3, -0.25) is 4.79 Å². The lowest BCUT2D eigenvalue weighted by molar-refractivity contribution is -0.123. The molecule has 2 aromatic rings. The van der Waals surface area contributed by atoms with E-state index in [2.05, 4.69) is 17.4 Å². The lowest BCUT2D eigenvalue weighted by atomic mass is 10.1. The summed E-state index contributed by atoms with van der Waals surface area (Å²) < 4.78 is 0. The van der Waals surface area contributed by atoms with Crippen LogP contribution in [0.2, 0.25) is 0 Å². The molecule has 0 saturated heterocycles. The van der Waals surface area contributed by atoms with Gasteiger partial charge in [0.05, 0.1) is 12.6 Å². The third-order valence-corrected chi connectivity index (χ3v) is 4.34. The Kier molecular flexibility index (Phi) is 4.63. The van der Waals surface area contributed by atoms with Gasteiger partial charge in [0.2, 0.25) is 5.91 Å². The Bertz CT molecular complexity index is 654. The number of aliphatic hydroxyl groups excluding tert-OH is 1. The van der Waals surface area contributed by atoms with Gasteiger partial charge in [0.1, 0.15) is 5.75 Å². The third kappa shape index (κ3) is 3.90. The minimum atomic E-state index is -0.302. The highest BCUT2D eigenvalue weighted by molar-refractivity contribution is 5.83. The van der Waals surface area contributed by atoms with E-state index >= 15 is 0 Å². The quantitative estimate of drug-likeness (QED) is 0.766. The minimum absolute atomic E-state index is 0.00580. The van der Waals surface area contributed by atoms with Gasteiger partial charge in [-0.2, -0.15) is 0 Å². The summed E-state index contributed by atoms with van der Waals surface area (Å²) in [4.78, 5) is 12.3. The normalized spacial score (nSPS) is 20.7. The summed E-state index contributed by atoms with van der Waals surface area (Å²) >= 11 is 0. The molecule has 1 aliphatic rings. The standard InChI is InChI=1S/C19H21NO3/c21-12-15(10-13-6-8-16(22)9-7-13)20-19(23)18-11-17(18)14-4-2-1-3-5-14/h1-9,15,17-18,21-22H,10-12H2,(H,20,23)/t15-,17?,18?/m0/s1. The first-order chi connectivity index (χ1) is 11.2. The number of aromatic hydroxyl groups is 1. The lowest BCUT2D eigenvalue weighted by Gasteiger charge is -2.16. The van der Waals surface area contributed by atoms with Gasteiger partial charge in [-0.05, 0) is 42.0 Å². The molecular formula is C19H21NO3. The van der Waals surface area contributed by atoms with Gasteiger partial charge < -0.3 is 15.5 Å². The first-order valence-electron chi connectivity index (χ1n) is 7.91. The molecule has 0 radical (unpaired) electrons. The fraction of sp³-hybridized carbons (Fsp3) is 0.316. The Hall–Kier alpha value is -2.33. The molecule has 0 spiro atoms. The molecule has 3 atom stereocenters. The topological polar surface area (TPSA) is 69.6 Å². The number of rotatable bonds is 6. The predicted octanol–water partition coefficient (Wildman–Crippen LogP) is 2.22. The molecular weight excluding hydrogens is 290 g/mol. The zero-order chi connectivity index (χ0) is 16.2. The average Bonchev–Trinajstić information content (AvgIpc) is 3.38. The smallest absolute Gasteiger partial charge is 0.224 e. The van der Waals surface area contributed by atoms with Crippen LogP contribution in [0.4, 0.5) is 0 Å². The molecule has 4 nitrogen and oxygen atoms in total. The van der Waals surface area contributed by atoms with E-state index in [9.17, 15) is 15.0 Å². The van der Waals surface area contributed by atoms with Crippen LogP contribution in [0, 0.1) is 5.92 Å². The number of amides is 1. The number of hydrogen-bond donors (Lipinski definition) is 3. The summed E-state index contributed by atoms with van der Waals surface area (Å²) in [5, 5.41) is 21.7. The minimum Gasteiger partial charge on any atom is -0.508 e. The van der Waals surface area contributed by atoms with E-state index in [1.807, 2.05) is 18.2 Å². The van der Waals surface area contributed by atoms with E-state index in [-0.39, 0.29) is 30.2 Å². The third-order valence-electron chi connectivity index (χ3n) is 4.34. The molecule has 120 valence electrons. The number of carbonyl (C=O) groups excluding carboxylic acids is 1. The second-order valence-electron chi connectivity index (χ2n) is 6.12. The maximum atomic E-state index is 12.3. The Balaban J connectivity index is 1.55. The Labute approximate surface area is 135 Å². The van der Waals surface area contributed by atoms with Crippen LogP contribution in [0.1, 0.15) is 23.5 Å². The maximum absolute atomic E-state index is 12.3. The van der Waals surface area contributed by atoms with E-state index in [4.69, 9.17) is 0 Å². The Morgan fingerprint density at radius 1 is 1.13 bits per heavy atom. The van der Waals surface area contributed by atoms with Crippen LogP contribution < -0.4 is 5.32 Å². The van der Waals surface area contributed by atoms with Crippen LogP contribution in [-0.4, -0.2) is 28.8 Å². The second kappa shape index (κ2) is 6.84. The summed E-state index contributed by atoms with van der Waals surface area (Å²) in [6.45, 7) is -0.102. The number of aliphatic hydroxyl groups is 1. The Morgan fingerprint density at radius 2 is 1.83 bits per heavy atom. The number of hydrogen-bond acceptors (Lipinski definition) is 3. The molecule has 1 amide bonds. The summed E-state index contributed by atoms with van der Waals surface area (Å²) in [5.74, 6) is 0.522. The van der Waals surface area contributed by atoms with Crippen molar-refractivity contribution in [2.75, 3.05) is 6.61 Å². The zero-order valence-electron chi connectivity index (χ0n) is 12.9. The van der Waals surface area contributed by atoms with Crippen molar-refractivity contribution in [3.8, 4) is 5.75 Å². The maximum Gasteiger partial charge on any atom is 0.224 e. The first-order valence-corrected chi connectivity index (χ1v) is 7.91. The zero-order valence-corrected chi connectivity index (χ0v) is 12.9. The first kappa shape index (κ1) is 15.6. The van der Waals surface area contributed by atoms with E-state index in [0.29, 0.717) is 12.3 Å². The van der Waals surface area contributed by atoms with E-state index in [1.54, 1.807) is 24.3 Å². The van der Waals surface area contributed by atoms with Crippen molar-refractivity contribution in [3.63, 3.8) is 0 Å². The highest BCUT2D eigenvalue weighted by atomic mass is 16.3. The molecule has 1 saturated carbocycles. The van der Waals surface area contributed by atoms with Crippen LogP contribution in [0.5, 0.6) is 5.75 Å². The molecule has 3 N–H and O–H groups in total. The summed E-state index contributed by atoms with van der Waals surface area (Å²) in [7, 11) is 0. The van der Waals surface area contributed by atoms with Gasteiger partial charge in [0, 0.05) is 5.92 Å². The molecule has 0 aliphatic heterocycles. The van der Waals surface area contributed by atoms with Crippen molar-refractivity contribution in [1.82, 2.24) is 5.32 Å². The number of phenols is 1. The Morgan fingerprint density at radius 3 is 2.48 bits per heavy atom. The van der Waals surface area contributed by atoms with Crippen molar-refractivity contribution < 1.29 is 15.0 Å². The number of nitrogens with one attached hydrogen (secondary N) is 1. The monoisotopic (exact) mass is 311 g/mol. The SMILES string of the molecule is O=C(N[C@H](CO)Cc1ccc(O)cc1)C1CC1c1ccccc1. The molecule has 4 heteroatoms. The summed E-state index contributed by atoms with van der Waals surface area (Å²) in [6.07, 6.45) is 1.42.